The van der Waals surface area contributed by atoms with Crippen molar-refractivity contribution in [1.29, 1.82) is 0 Å². The predicted octanol–water partition coefficient (Wildman–Crippen LogP) is 5.39. The van der Waals surface area contributed by atoms with E-state index < -0.39 is 5.92 Å². The Morgan fingerprint density at radius 1 is 1.12 bits per heavy atom. The molecule has 2 aromatic heterocycles. The molecule has 5 rings (SSSR count). The predicted molar refractivity (Wildman–Crippen MR) is 134 cm³/mol. The Morgan fingerprint density at radius 3 is 2.71 bits per heavy atom. The molecule has 34 heavy (non-hydrogen) atoms. The molecule has 0 atom stereocenters. The van der Waals surface area contributed by atoms with Gasteiger partial charge in [-0.2, -0.15) is 0 Å². The number of aromatic nitrogens is 3. The fourth-order valence-corrected chi connectivity index (χ4v) is 6.31. The van der Waals surface area contributed by atoms with Gasteiger partial charge in [0.1, 0.15) is 0 Å². The highest BCUT2D eigenvalue weighted by molar-refractivity contribution is 9.10. The zero-order valence-electron chi connectivity index (χ0n) is 18.8. The number of rotatable bonds is 6. The number of hydrogen-bond acceptors (Lipinski definition) is 7. The molecular weight excluding hydrogens is 524 g/mol. The molecule has 6 nitrogen and oxygen atoms in total. The molecule has 1 saturated heterocycles. The maximum absolute atomic E-state index is 14.0. The summed E-state index contributed by atoms with van der Waals surface area (Å²) in [4.78, 5) is 16.0. The second-order valence-corrected chi connectivity index (χ2v) is 11.4. The van der Waals surface area contributed by atoms with Crippen LogP contribution >= 0.6 is 27.3 Å². The van der Waals surface area contributed by atoms with E-state index in [0.29, 0.717) is 31.9 Å². The molecule has 3 heterocycles. The minimum absolute atomic E-state index is 0.0490. The fourth-order valence-electron chi connectivity index (χ4n) is 4.78. The van der Waals surface area contributed by atoms with Gasteiger partial charge in [-0.25, -0.2) is 23.7 Å². The van der Waals surface area contributed by atoms with Crippen molar-refractivity contribution in [2.24, 2.45) is 0 Å². The van der Waals surface area contributed by atoms with Crippen molar-refractivity contribution in [3.63, 3.8) is 0 Å². The molecule has 182 valence electrons. The summed E-state index contributed by atoms with van der Waals surface area (Å²) in [5.74, 6) is -2.12. The van der Waals surface area contributed by atoms with Crippen LogP contribution in [0.25, 0.3) is 10.2 Å². The van der Waals surface area contributed by atoms with E-state index in [2.05, 4.69) is 32.3 Å². The highest BCUT2D eigenvalue weighted by Crippen LogP contribution is 2.29. The summed E-state index contributed by atoms with van der Waals surface area (Å²) in [5.41, 5.74) is 2.52. The second-order valence-electron chi connectivity index (χ2n) is 9.39. The van der Waals surface area contributed by atoms with Crippen LogP contribution in [0.5, 0.6) is 0 Å². The number of halogens is 3. The van der Waals surface area contributed by atoms with E-state index in [9.17, 15) is 13.9 Å². The first-order valence-electron chi connectivity index (χ1n) is 11.8. The molecule has 10 heteroatoms. The molecule has 2 aliphatic rings. The zero-order chi connectivity index (χ0) is 23.7. The third-order valence-electron chi connectivity index (χ3n) is 6.45. The van der Waals surface area contributed by atoms with Crippen molar-refractivity contribution < 1.29 is 13.9 Å². The second kappa shape index (κ2) is 10.1. The molecule has 3 aromatic rings. The third kappa shape index (κ3) is 6.08. The van der Waals surface area contributed by atoms with E-state index in [-0.39, 0.29) is 25.1 Å². The largest absolute Gasteiger partial charge is 0.393 e. The minimum Gasteiger partial charge on any atom is -0.393 e. The van der Waals surface area contributed by atoms with E-state index in [4.69, 9.17) is 9.97 Å². The van der Waals surface area contributed by atoms with Crippen molar-refractivity contribution in [1.82, 2.24) is 19.9 Å². The molecule has 1 aliphatic carbocycles. The van der Waals surface area contributed by atoms with Crippen LogP contribution in [0.2, 0.25) is 0 Å². The lowest BCUT2D eigenvalue weighted by Crippen LogP contribution is -2.42. The fraction of sp³-hybridized carbons (Fsp3) is 0.542. The SMILES string of the molecule is OC1CCC(Nc2nc(Cc3nc4ccc(Br)cc4s3)cc(CN3CCCC(F)(F)C3)n2)CC1. The molecule has 2 fully saturated rings. The van der Waals surface area contributed by atoms with Crippen molar-refractivity contribution in [3.8, 4) is 0 Å². The summed E-state index contributed by atoms with van der Waals surface area (Å²) in [6.07, 6.45) is 3.99. The van der Waals surface area contributed by atoms with Crippen LogP contribution < -0.4 is 5.32 Å². The smallest absolute Gasteiger partial charge is 0.260 e. The maximum Gasteiger partial charge on any atom is 0.260 e. The van der Waals surface area contributed by atoms with Gasteiger partial charge in [0.25, 0.3) is 5.92 Å². The quantitative estimate of drug-likeness (QED) is 0.428. The first kappa shape index (κ1) is 24.0. The Labute approximate surface area is 210 Å². The Hall–Kier alpha value is -1.75. The molecular formula is C24H28BrF2N5OS. The van der Waals surface area contributed by atoms with Gasteiger partial charge in [-0.15, -0.1) is 11.3 Å². The number of aliphatic hydroxyl groups excluding tert-OH is 1. The van der Waals surface area contributed by atoms with Gasteiger partial charge in [-0.05, 0) is 62.9 Å². The first-order valence-corrected chi connectivity index (χ1v) is 13.4. The molecule has 0 spiro atoms. The summed E-state index contributed by atoms with van der Waals surface area (Å²) < 4.78 is 30.0. The minimum atomic E-state index is -2.65. The molecule has 0 bridgehead atoms. The van der Waals surface area contributed by atoms with Crippen LogP contribution in [-0.2, 0) is 13.0 Å². The zero-order valence-corrected chi connectivity index (χ0v) is 21.2. The summed E-state index contributed by atoms with van der Waals surface area (Å²) in [6, 6.07) is 8.15. The van der Waals surface area contributed by atoms with Gasteiger partial charge in [0.15, 0.2) is 0 Å². The van der Waals surface area contributed by atoms with Gasteiger partial charge >= 0.3 is 0 Å². The van der Waals surface area contributed by atoms with Crippen LogP contribution in [0.4, 0.5) is 14.7 Å². The topological polar surface area (TPSA) is 74.2 Å². The molecule has 1 aliphatic heterocycles. The summed E-state index contributed by atoms with van der Waals surface area (Å²) >= 11 is 5.14. The molecule has 0 unspecified atom stereocenters. The Balaban J connectivity index is 1.38. The average molecular weight is 552 g/mol. The van der Waals surface area contributed by atoms with Gasteiger partial charge < -0.3 is 10.4 Å². The number of piperidine rings is 1. The van der Waals surface area contributed by atoms with Crippen LogP contribution in [0.3, 0.4) is 0 Å². The lowest BCUT2D eigenvalue weighted by molar-refractivity contribution is -0.0663. The first-order chi connectivity index (χ1) is 16.3. The number of nitrogens with zero attached hydrogens (tertiary/aromatic N) is 4. The Bertz CT molecular complexity index is 1150. The van der Waals surface area contributed by atoms with Crippen LogP contribution in [-0.4, -0.2) is 56.1 Å². The van der Waals surface area contributed by atoms with Crippen molar-refractivity contribution in [2.45, 2.75) is 69.6 Å². The molecule has 1 saturated carbocycles. The normalized spacial score (nSPS) is 23.3. The number of hydrogen-bond donors (Lipinski definition) is 2. The summed E-state index contributed by atoms with van der Waals surface area (Å²) in [5, 5.41) is 14.2. The van der Waals surface area contributed by atoms with Crippen LogP contribution in [0.15, 0.2) is 28.7 Å². The number of fused-ring (bicyclic) bond motifs is 1. The molecule has 2 N–H and O–H groups in total. The molecule has 0 amide bonds. The number of thiazole rings is 1. The van der Waals surface area contributed by atoms with Crippen molar-refractivity contribution in [2.75, 3.05) is 18.4 Å². The van der Waals surface area contributed by atoms with Crippen LogP contribution in [0.1, 0.15) is 54.9 Å². The number of likely N-dealkylation sites (tertiary alicyclic amines) is 1. The van der Waals surface area contributed by atoms with E-state index >= 15 is 0 Å². The van der Waals surface area contributed by atoms with Crippen molar-refractivity contribution in [3.05, 3.63) is 45.1 Å². The number of alkyl halides is 2. The highest BCUT2D eigenvalue weighted by atomic mass is 79.9. The number of anilines is 1. The third-order valence-corrected chi connectivity index (χ3v) is 7.96. The number of nitrogens with one attached hydrogen (secondary N) is 1. The maximum atomic E-state index is 14.0. The highest BCUT2D eigenvalue weighted by Gasteiger charge is 2.35. The lowest BCUT2D eigenvalue weighted by Gasteiger charge is -2.32. The summed E-state index contributed by atoms with van der Waals surface area (Å²) in [7, 11) is 0. The number of benzene rings is 1. The van der Waals surface area contributed by atoms with E-state index in [0.717, 1.165) is 56.8 Å². The Kier molecular flexibility index (Phi) is 7.11. The van der Waals surface area contributed by atoms with E-state index in [1.165, 1.54) is 0 Å². The standard InChI is InChI=1S/C24H28BrF2N5OS/c25-15-2-7-20-21(10-15)34-22(31-20)12-17-11-18(13-32-9-1-8-24(26,27)14-32)30-23(29-17)28-16-3-5-19(33)6-4-16/h2,7,10-11,16,19,33H,1,3-6,8-9,12-14H2,(H,28,29,30). The van der Waals surface area contributed by atoms with Crippen LogP contribution in [0, 0.1) is 0 Å². The van der Waals surface area contributed by atoms with E-state index in [1.54, 1.807) is 16.2 Å². The molecule has 0 radical (unpaired) electrons. The van der Waals surface area contributed by atoms with Gasteiger partial charge in [0.05, 0.1) is 39.3 Å². The van der Waals surface area contributed by atoms with Crippen molar-refractivity contribution >= 4 is 43.4 Å². The van der Waals surface area contributed by atoms with Gasteiger partial charge in [0, 0.05) is 29.9 Å². The Morgan fingerprint density at radius 2 is 1.91 bits per heavy atom. The average Bonchev–Trinajstić information content (AvgIpc) is 3.15. The lowest BCUT2D eigenvalue weighted by atomic mass is 9.93. The van der Waals surface area contributed by atoms with Gasteiger partial charge in [-0.1, -0.05) is 15.9 Å². The van der Waals surface area contributed by atoms with Gasteiger partial charge in [-0.3, -0.25) is 4.90 Å². The molecule has 1 aromatic carbocycles. The monoisotopic (exact) mass is 551 g/mol. The van der Waals surface area contributed by atoms with E-state index in [1.807, 2.05) is 18.2 Å². The number of aliphatic hydroxyl groups is 1. The van der Waals surface area contributed by atoms with Gasteiger partial charge in [0.2, 0.25) is 5.95 Å². The summed E-state index contributed by atoms with van der Waals surface area (Å²) in [6.45, 7) is 0.781.